The molecule has 0 atom stereocenters. The summed E-state index contributed by atoms with van der Waals surface area (Å²) < 4.78 is 0.905. The Morgan fingerprint density at radius 2 is 2.29 bits per heavy atom. The Labute approximate surface area is 127 Å². The molecule has 0 aromatic carbocycles. The van der Waals surface area contributed by atoms with E-state index in [2.05, 4.69) is 55.5 Å². The molecule has 0 aliphatic carbocycles. The van der Waals surface area contributed by atoms with Gasteiger partial charge < -0.3 is 5.73 Å². The Hall–Kier alpha value is -0.230. The molecule has 6 nitrogen and oxygen atoms in total. The van der Waals surface area contributed by atoms with Crippen LogP contribution in [-0.2, 0) is 1.55 Å². The van der Waals surface area contributed by atoms with Crippen LogP contribution in [0.3, 0.4) is 0 Å². The van der Waals surface area contributed by atoms with Crippen molar-refractivity contribution in [2.75, 3.05) is 6.54 Å². The van der Waals surface area contributed by atoms with Crippen LogP contribution in [0.5, 0.6) is 0 Å². The fraction of sp³-hybridized carbons (Fsp3) is 0.444. The quantitative estimate of drug-likeness (QED) is 0.208. The molecule has 4 N–H and O–H groups in total. The number of nitrogen functional groups attached to an aromatic ring is 1. The number of carbonyl (C=O) groups excluding carboxylic acids is 1. The van der Waals surface area contributed by atoms with Gasteiger partial charge in [-0.25, -0.2) is 4.98 Å². The summed E-state index contributed by atoms with van der Waals surface area (Å²) in [5.41, 5.74) is 5.70. The number of nitrogens with one attached hydrogen (secondary N) is 2. The van der Waals surface area contributed by atoms with E-state index in [4.69, 9.17) is 11.1 Å². The number of amidine groups is 1. The SMILES string of the molecule is CCNC(I)(I)c1nc(C(=N)N)cn1C(C)=O. The Bertz CT molecular complexity index is 454. The molecule has 0 bridgehead atoms. The lowest BCUT2D eigenvalue weighted by molar-refractivity contribution is 0.0932. The summed E-state index contributed by atoms with van der Waals surface area (Å²) in [5, 5.41) is 10.6. The van der Waals surface area contributed by atoms with Crippen LogP contribution in [0.15, 0.2) is 6.20 Å². The minimum atomic E-state index is -0.510. The third-order valence-electron chi connectivity index (χ3n) is 2.00. The van der Waals surface area contributed by atoms with E-state index in [1.807, 2.05) is 6.92 Å². The molecule has 8 heteroatoms. The van der Waals surface area contributed by atoms with E-state index >= 15 is 0 Å². The molecule has 1 aromatic heterocycles. The van der Waals surface area contributed by atoms with Gasteiger partial charge in [-0.1, -0.05) is 6.92 Å². The number of imidazole rings is 1. The number of carbonyl (C=O) groups is 1. The van der Waals surface area contributed by atoms with Crippen molar-refractivity contribution >= 4 is 56.9 Å². The lowest BCUT2D eigenvalue weighted by Crippen LogP contribution is -2.34. The molecule has 0 saturated carbocycles. The third-order valence-corrected chi connectivity index (χ3v) is 3.73. The lowest BCUT2D eigenvalue weighted by Gasteiger charge is -2.21. The molecule has 0 spiro atoms. The first-order valence-electron chi connectivity index (χ1n) is 4.87. The number of nitrogens with two attached hydrogens (primary N) is 1. The van der Waals surface area contributed by atoms with E-state index in [0.29, 0.717) is 11.5 Å². The molecule has 0 aliphatic rings. The number of hydrogen-bond donors (Lipinski definition) is 3. The number of nitrogens with zero attached hydrogens (tertiary/aromatic N) is 2. The fourth-order valence-corrected chi connectivity index (χ4v) is 2.80. The Morgan fingerprint density at radius 1 is 1.71 bits per heavy atom. The van der Waals surface area contributed by atoms with Gasteiger partial charge in [-0.3, -0.25) is 20.1 Å². The maximum Gasteiger partial charge on any atom is 0.229 e. The van der Waals surface area contributed by atoms with Gasteiger partial charge in [0.1, 0.15) is 11.5 Å². The van der Waals surface area contributed by atoms with Crippen molar-refractivity contribution in [2.45, 2.75) is 15.4 Å². The van der Waals surface area contributed by atoms with Crippen LogP contribution in [0.1, 0.15) is 30.2 Å². The van der Waals surface area contributed by atoms with Crippen molar-refractivity contribution in [3.8, 4) is 0 Å². The zero-order chi connectivity index (χ0) is 13.2. The second kappa shape index (κ2) is 5.61. The summed E-state index contributed by atoms with van der Waals surface area (Å²) in [4.78, 5) is 15.8. The van der Waals surface area contributed by atoms with E-state index in [-0.39, 0.29) is 11.7 Å². The van der Waals surface area contributed by atoms with Gasteiger partial charge in [0, 0.05) is 13.1 Å². The minimum Gasteiger partial charge on any atom is -0.382 e. The van der Waals surface area contributed by atoms with Crippen LogP contribution in [-0.4, -0.2) is 27.8 Å². The van der Waals surface area contributed by atoms with E-state index in [1.54, 1.807) is 0 Å². The molecule has 94 valence electrons. The maximum absolute atomic E-state index is 11.5. The molecule has 0 radical (unpaired) electrons. The van der Waals surface area contributed by atoms with Gasteiger partial charge >= 0.3 is 0 Å². The van der Waals surface area contributed by atoms with Crippen molar-refractivity contribution < 1.29 is 4.79 Å². The Balaban J connectivity index is 3.30. The smallest absolute Gasteiger partial charge is 0.229 e. The fourth-order valence-electron chi connectivity index (χ4n) is 1.27. The molecule has 0 unspecified atom stereocenters. The van der Waals surface area contributed by atoms with Crippen LogP contribution in [0.4, 0.5) is 0 Å². The van der Waals surface area contributed by atoms with Gasteiger partial charge in [0.25, 0.3) is 0 Å². The standard InChI is InChI=1S/C9H13I2N5O/c1-3-14-9(10,11)8-15-6(7(12)13)4-16(8)5(2)17/h4,14H,3H2,1-2H3,(H3,12,13). The first kappa shape index (κ1) is 14.8. The van der Waals surface area contributed by atoms with Gasteiger partial charge in [-0.05, 0) is 51.7 Å². The summed E-state index contributed by atoms with van der Waals surface area (Å²) in [5.74, 6) is 0.236. The predicted molar refractivity (Wildman–Crippen MR) is 82.9 cm³/mol. The van der Waals surface area contributed by atoms with E-state index in [0.717, 1.165) is 6.54 Å². The summed E-state index contributed by atoms with van der Waals surface area (Å²) in [7, 11) is 0. The average molecular weight is 461 g/mol. The molecular weight excluding hydrogens is 448 g/mol. The second-order valence-electron chi connectivity index (χ2n) is 3.36. The van der Waals surface area contributed by atoms with E-state index in [1.165, 1.54) is 17.7 Å². The molecule has 1 rings (SSSR count). The highest BCUT2D eigenvalue weighted by Gasteiger charge is 2.31. The largest absolute Gasteiger partial charge is 0.382 e. The molecule has 1 aromatic rings. The molecular formula is C9H13I2N5O. The predicted octanol–water partition coefficient (Wildman–Crippen LogP) is 1.42. The molecule has 0 amide bonds. The zero-order valence-electron chi connectivity index (χ0n) is 9.42. The van der Waals surface area contributed by atoms with Crippen molar-refractivity contribution in [1.29, 1.82) is 5.41 Å². The van der Waals surface area contributed by atoms with E-state index < -0.39 is 1.55 Å². The van der Waals surface area contributed by atoms with Crippen LogP contribution in [0.2, 0.25) is 0 Å². The number of halogens is 2. The van der Waals surface area contributed by atoms with Gasteiger partial charge in [0.15, 0.2) is 7.38 Å². The van der Waals surface area contributed by atoms with Gasteiger partial charge in [-0.15, -0.1) is 0 Å². The molecule has 0 fully saturated rings. The van der Waals surface area contributed by atoms with Gasteiger partial charge in [0.05, 0.1) is 0 Å². The molecule has 0 saturated heterocycles. The number of alkyl halides is 2. The highest BCUT2D eigenvalue weighted by molar-refractivity contribution is 14.2. The highest BCUT2D eigenvalue weighted by Crippen LogP contribution is 2.35. The van der Waals surface area contributed by atoms with Crippen LogP contribution in [0.25, 0.3) is 0 Å². The van der Waals surface area contributed by atoms with Gasteiger partial charge in [0.2, 0.25) is 5.91 Å². The monoisotopic (exact) mass is 461 g/mol. The van der Waals surface area contributed by atoms with Crippen LogP contribution in [0, 0.1) is 5.41 Å². The van der Waals surface area contributed by atoms with E-state index in [9.17, 15) is 4.79 Å². The summed E-state index contributed by atoms with van der Waals surface area (Å²) >= 11 is 4.33. The van der Waals surface area contributed by atoms with Crippen molar-refractivity contribution in [3.05, 3.63) is 17.7 Å². The number of aromatic nitrogens is 2. The second-order valence-corrected chi connectivity index (χ2v) is 8.66. The van der Waals surface area contributed by atoms with Gasteiger partial charge in [-0.2, -0.15) is 0 Å². The molecule has 1 heterocycles. The van der Waals surface area contributed by atoms with Crippen molar-refractivity contribution in [1.82, 2.24) is 14.9 Å². The lowest BCUT2D eigenvalue weighted by atomic mass is 10.4. The summed E-state index contributed by atoms with van der Waals surface area (Å²) in [6, 6.07) is 0. The normalized spacial score (nSPS) is 11.5. The minimum absolute atomic E-state index is 0.147. The first-order chi connectivity index (χ1) is 7.79. The number of hydrogen-bond acceptors (Lipinski definition) is 4. The first-order valence-corrected chi connectivity index (χ1v) is 7.03. The average Bonchev–Trinajstić information content (AvgIpc) is 2.62. The number of rotatable bonds is 4. The topological polar surface area (TPSA) is 96.8 Å². The maximum atomic E-state index is 11.5. The molecule has 17 heavy (non-hydrogen) atoms. The summed E-state index contributed by atoms with van der Waals surface area (Å²) in [6.07, 6.45) is 1.49. The zero-order valence-corrected chi connectivity index (χ0v) is 13.7. The Kier molecular flexibility index (Phi) is 4.89. The molecule has 0 aliphatic heterocycles. The Morgan fingerprint density at radius 3 is 2.71 bits per heavy atom. The van der Waals surface area contributed by atoms with Crippen LogP contribution >= 0.6 is 45.2 Å². The third kappa shape index (κ3) is 3.37. The van der Waals surface area contributed by atoms with Crippen LogP contribution < -0.4 is 11.1 Å². The summed E-state index contributed by atoms with van der Waals surface area (Å²) in [6.45, 7) is 4.16. The highest BCUT2D eigenvalue weighted by atomic mass is 127. The van der Waals surface area contributed by atoms with Crippen molar-refractivity contribution in [3.63, 3.8) is 0 Å². The van der Waals surface area contributed by atoms with Crippen molar-refractivity contribution in [2.24, 2.45) is 5.73 Å².